The van der Waals surface area contributed by atoms with Gasteiger partial charge in [-0.25, -0.2) is 4.79 Å². The lowest BCUT2D eigenvalue weighted by atomic mass is 10.1. The van der Waals surface area contributed by atoms with Gasteiger partial charge in [0.15, 0.2) is 0 Å². The predicted molar refractivity (Wildman–Crippen MR) is 77.5 cm³/mol. The van der Waals surface area contributed by atoms with Crippen LogP contribution in [0.25, 0.3) is 0 Å². The quantitative estimate of drug-likeness (QED) is 0.869. The molecule has 0 radical (unpaired) electrons. The van der Waals surface area contributed by atoms with Crippen molar-refractivity contribution in [2.45, 2.75) is 26.8 Å². The number of aryl methyl sites for hydroxylation is 1. The van der Waals surface area contributed by atoms with Crippen molar-refractivity contribution in [1.29, 1.82) is 0 Å². The first kappa shape index (κ1) is 16.0. The molecule has 0 saturated heterocycles. The van der Waals surface area contributed by atoms with E-state index in [1.807, 2.05) is 38.1 Å². The molecule has 1 rings (SSSR count). The largest absolute Gasteiger partial charge is 0.480 e. The fraction of sp³-hybridized carbons (Fsp3) is 0.467. The van der Waals surface area contributed by atoms with Gasteiger partial charge in [0.1, 0.15) is 6.54 Å². The monoisotopic (exact) mass is 278 g/mol. The molecule has 0 unspecified atom stereocenters. The topological polar surface area (TPSA) is 60.9 Å². The number of hydrogen-bond acceptors (Lipinski definition) is 2. The molecule has 5 heteroatoms. The summed E-state index contributed by atoms with van der Waals surface area (Å²) >= 11 is 0. The van der Waals surface area contributed by atoms with Crippen molar-refractivity contribution in [2.75, 3.05) is 20.1 Å². The zero-order valence-corrected chi connectivity index (χ0v) is 12.3. The first-order chi connectivity index (χ1) is 9.43. The van der Waals surface area contributed by atoms with Gasteiger partial charge in [0.05, 0.1) is 0 Å². The normalized spacial score (nSPS) is 10.2. The van der Waals surface area contributed by atoms with E-state index < -0.39 is 5.97 Å². The average molecular weight is 278 g/mol. The lowest BCUT2D eigenvalue weighted by Gasteiger charge is -2.26. The molecule has 110 valence electrons. The molecule has 1 aromatic carbocycles. The lowest BCUT2D eigenvalue weighted by molar-refractivity contribution is -0.137. The predicted octanol–water partition coefficient (Wildman–Crippen LogP) is 2.34. The van der Waals surface area contributed by atoms with Crippen molar-refractivity contribution in [3.63, 3.8) is 0 Å². The Morgan fingerprint density at radius 1 is 1.20 bits per heavy atom. The van der Waals surface area contributed by atoms with Gasteiger partial charge in [-0.05, 0) is 18.9 Å². The third kappa shape index (κ3) is 4.91. The van der Waals surface area contributed by atoms with Crippen molar-refractivity contribution in [2.24, 2.45) is 0 Å². The molecule has 5 nitrogen and oxygen atoms in total. The molecule has 0 aliphatic heterocycles. The second-order valence-corrected chi connectivity index (χ2v) is 4.94. The van der Waals surface area contributed by atoms with E-state index in [0.717, 1.165) is 12.0 Å². The van der Waals surface area contributed by atoms with Crippen molar-refractivity contribution in [3.8, 4) is 0 Å². The zero-order chi connectivity index (χ0) is 15.1. The zero-order valence-electron chi connectivity index (χ0n) is 12.3. The van der Waals surface area contributed by atoms with E-state index in [1.54, 1.807) is 11.9 Å². The van der Waals surface area contributed by atoms with Crippen LogP contribution in [-0.4, -0.2) is 47.0 Å². The number of benzene rings is 1. The lowest BCUT2D eigenvalue weighted by Crippen LogP contribution is -2.43. The summed E-state index contributed by atoms with van der Waals surface area (Å²) < 4.78 is 0. The third-order valence-corrected chi connectivity index (χ3v) is 2.96. The minimum Gasteiger partial charge on any atom is -0.480 e. The molecule has 0 heterocycles. The number of urea groups is 1. The number of rotatable bonds is 6. The molecule has 1 aromatic rings. The number of carbonyl (C=O) groups is 2. The summed E-state index contributed by atoms with van der Waals surface area (Å²) in [5, 5.41) is 8.85. The highest BCUT2D eigenvalue weighted by Crippen LogP contribution is 2.08. The summed E-state index contributed by atoms with van der Waals surface area (Å²) in [6, 6.07) is 7.68. The van der Waals surface area contributed by atoms with Crippen LogP contribution in [0.2, 0.25) is 0 Å². The summed E-state index contributed by atoms with van der Waals surface area (Å²) in [4.78, 5) is 25.9. The van der Waals surface area contributed by atoms with Gasteiger partial charge in [-0.1, -0.05) is 36.8 Å². The molecule has 0 fully saturated rings. The summed E-state index contributed by atoms with van der Waals surface area (Å²) in [7, 11) is 1.69. The maximum Gasteiger partial charge on any atom is 0.323 e. The molecule has 1 N–H and O–H groups in total. The van der Waals surface area contributed by atoms with Crippen LogP contribution in [0.15, 0.2) is 24.3 Å². The van der Waals surface area contributed by atoms with Crippen LogP contribution < -0.4 is 0 Å². The SMILES string of the molecule is CCCN(CC(=O)O)C(=O)N(C)Cc1ccc(C)cc1. The molecule has 0 aliphatic rings. The fourth-order valence-electron chi connectivity index (χ4n) is 1.95. The molecule has 0 aromatic heterocycles. The van der Waals surface area contributed by atoms with Crippen molar-refractivity contribution in [3.05, 3.63) is 35.4 Å². The highest BCUT2D eigenvalue weighted by atomic mass is 16.4. The van der Waals surface area contributed by atoms with Crippen LogP contribution in [0.4, 0.5) is 4.79 Å². The standard InChI is InChI=1S/C15H22N2O3/c1-4-9-17(11-14(18)19)15(20)16(3)10-13-7-5-12(2)6-8-13/h5-8H,4,9-11H2,1-3H3,(H,18,19). The van der Waals surface area contributed by atoms with Crippen LogP contribution >= 0.6 is 0 Å². The first-order valence-electron chi connectivity index (χ1n) is 6.71. The first-order valence-corrected chi connectivity index (χ1v) is 6.71. The van der Waals surface area contributed by atoms with Crippen molar-refractivity contribution >= 4 is 12.0 Å². The van der Waals surface area contributed by atoms with Crippen LogP contribution in [0.3, 0.4) is 0 Å². The summed E-state index contributed by atoms with van der Waals surface area (Å²) in [6.45, 7) is 4.59. The molecule has 0 bridgehead atoms. The van der Waals surface area contributed by atoms with E-state index >= 15 is 0 Å². The highest BCUT2D eigenvalue weighted by Gasteiger charge is 2.19. The van der Waals surface area contributed by atoms with E-state index in [4.69, 9.17) is 5.11 Å². The van der Waals surface area contributed by atoms with Crippen LogP contribution in [0.1, 0.15) is 24.5 Å². The van der Waals surface area contributed by atoms with E-state index in [1.165, 1.54) is 10.5 Å². The van der Waals surface area contributed by atoms with Crippen LogP contribution in [-0.2, 0) is 11.3 Å². The number of carboxylic acids is 1. The molecule has 2 amide bonds. The molecular formula is C15H22N2O3. The number of carboxylic acid groups (broad SMARTS) is 1. The summed E-state index contributed by atoms with van der Waals surface area (Å²) in [5.41, 5.74) is 2.19. The minimum atomic E-state index is -0.990. The number of amides is 2. The van der Waals surface area contributed by atoms with E-state index in [9.17, 15) is 9.59 Å². The Morgan fingerprint density at radius 2 is 1.80 bits per heavy atom. The van der Waals surface area contributed by atoms with Gasteiger partial charge in [-0.15, -0.1) is 0 Å². The molecule has 0 aliphatic carbocycles. The fourth-order valence-corrected chi connectivity index (χ4v) is 1.95. The van der Waals surface area contributed by atoms with Gasteiger partial charge in [0.25, 0.3) is 0 Å². The van der Waals surface area contributed by atoms with E-state index in [2.05, 4.69) is 0 Å². The Bertz CT molecular complexity index is 457. The van der Waals surface area contributed by atoms with Crippen molar-refractivity contribution in [1.82, 2.24) is 9.80 Å². The van der Waals surface area contributed by atoms with Gasteiger partial charge in [0.2, 0.25) is 0 Å². The summed E-state index contributed by atoms with van der Waals surface area (Å²) in [6.07, 6.45) is 0.734. The molecular weight excluding hydrogens is 256 g/mol. The van der Waals surface area contributed by atoms with Crippen LogP contribution in [0, 0.1) is 6.92 Å². The number of carbonyl (C=O) groups excluding carboxylic acids is 1. The molecule has 0 saturated carbocycles. The number of aliphatic carboxylic acids is 1. The number of nitrogens with zero attached hydrogens (tertiary/aromatic N) is 2. The number of hydrogen-bond donors (Lipinski definition) is 1. The molecule has 0 spiro atoms. The van der Waals surface area contributed by atoms with E-state index in [0.29, 0.717) is 13.1 Å². The van der Waals surface area contributed by atoms with Crippen molar-refractivity contribution < 1.29 is 14.7 Å². The molecule has 20 heavy (non-hydrogen) atoms. The maximum atomic E-state index is 12.2. The molecule has 0 atom stereocenters. The van der Waals surface area contributed by atoms with Gasteiger partial charge >= 0.3 is 12.0 Å². The Hall–Kier alpha value is -2.04. The smallest absolute Gasteiger partial charge is 0.323 e. The highest BCUT2D eigenvalue weighted by molar-refractivity contribution is 5.80. The summed E-state index contributed by atoms with van der Waals surface area (Å²) in [5.74, 6) is -0.990. The third-order valence-electron chi connectivity index (χ3n) is 2.96. The Morgan fingerprint density at radius 3 is 2.30 bits per heavy atom. The van der Waals surface area contributed by atoms with Gasteiger partial charge in [-0.2, -0.15) is 0 Å². The Balaban J connectivity index is 2.67. The second-order valence-electron chi connectivity index (χ2n) is 4.94. The minimum absolute atomic E-state index is 0.255. The van der Waals surface area contributed by atoms with Gasteiger partial charge in [-0.3, -0.25) is 4.79 Å². The Labute approximate surface area is 119 Å². The van der Waals surface area contributed by atoms with Crippen LogP contribution in [0.5, 0.6) is 0 Å². The maximum absolute atomic E-state index is 12.2. The Kier molecular flexibility index (Phi) is 6.03. The van der Waals surface area contributed by atoms with Gasteiger partial charge < -0.3 is 14.9 Å². The second kappa shape index (κ2) is 7.53. The van der Waals surface area contributed by atoms with E-state index in [-0.39, 0.29) is 12.6 Å². The van der Waals surface area contributed by atoms with Gasteiger partial charge in [0, 0.05) is 20.1 Å². The average Bonchev–Trinajstić information content (AvgIpc) is 2.39.